The van der Waals surface area contributed by atoms with Crippen LogP contribution in [0.5, 0.6) is 0 Å². The van der Waals surface area contributed by atoms with E-state index in [2.05, 4.69) is 5.32 Å². The number of hydrogen-bond acceptors (Lipinski definition) is 2. The molecule has 0 saturated carbocycles. The first-order chi connectivity index (χ1) is 10.4. The van der Waals surface area contributed by atoms with Gasteiger partial charge in [-0.1, -0.05) is 12.1 Å². The molecule has 2 rings (SSSR count). The second-order valence-electron chi connectivity index (χ2n) is 5.67. The fourth-order valence-electron chi connectivity index (χ4n) is 2.86. The number of halogens is 4. The van der Waals surface area contributed by atoms with Crippen LogP contribution in [0.15, 0.2) is 24.3 Å². The lowest BCUT2D eigenvalue weighted by molar-refractivity contribution is -0.138. The van der Waals surface area contributed by atoms with Gasteiger partial charge in [0.25, 0.3) is 5.91 Å². The Morgan fingerprint density at radius 3 is 2.43 bits per heavy atom. The molecule has 1 N–H and O–H groups in total. The highest BCUT2D eigenvalue weighted by Crippen LogP contribution is 2.33. The van der Waals surface area contributed by atoms with E-state index in [1.807, 2.05) is 7.05 Å². The summed E-state index contributed by atoms with van der Waals surface area (Å²) in [5.74, 6) is 0.0225. The van der Waals surface area contributed by atoms with Crippen molar-refractivity contribution in [1.29, 1.82) is 0 Å². The van der Waals surface area contributed by atoms with Crippen LogP contribution in [0, 0.1) is 5.92 Å². The van der Waals surface area contributed by atoms with Crippen LogP contribution in [-0.4, -0.2) is 37.5 Å². The smallest absolute Gasteiger partial charge is 0.339 e. The zero-order valence-corrected chi connectivity index (χ0v) is 13.8. The van der Waals surface area contributed by atoms with E-state index in [1.165, 1.54) is 18.2 Å². The van der Waals surface area contributed by atoms with Gasteiger partial charge < -0.3 is 10.2 Å². The monoisotopic (exact) mass is 350 g/mol. The molecule has 7 heteroatoms. The van der Waals surface area contributed by atoms with E-state index in [1.54, 1.807) is 4.90 Å². The van der Waals surface area contributed by atoms with Crippen molar-refractivity contribution in [3.05, 3.63) is 35.4 Å². The number of carbonyl (C=O) groups excluding carboxylic acids is 1. The van der Waals surface area contributed by atoms with Crippen molar-refractivity contribution >= 4 is 18.3 Å². The average molecular weight is 351 g/mol. The molecular formula is C16H22ClF3N2O. The second kappa shape index (κ2) is 8.55. The van der Waals surface area contributed by atoms with Crippen LogP contribution >= 0.6 is 12.4 Å². The maximum Gasteiger partial charge on any atom is 0.417 e. The summed E-state index contributed by atoms with van der Waals surface area (Å²) < 4.78 is 39.0. The minimum atomic E-state index is -4.50. The van der Waals surface area contributed by atoms with E-state index in [-0.39, 0.29) is 18.0 Å². The van der Waals surface area contributed by atoms with Crippen LogP contribution in [-0.2, 0) is 6.18 Å². The van der Waals surface area contributed by atoms with Gasteiger partial charge in [0.1, 0.15) is 0 Å². The molecule has 23 heavy (non-hydrogen) atoms. The summed E-state index contributed by atoms with van der Waals surface area (Å²) in [5.41, 5.74) is -1.10. The molecule has 1 amide bonds. The van der Waals surface area contributed by atoms with Crippen molar-refractivity contribution in [2.45, 2.75) is 25.4 Å². The van der Waals surface area contributed by atoms with Crippen LogP contribution < -0.4 is 5.32 Å². The molecule has 1 aliphatic heterocycles. The Morgan fingerprint density at radius 1 is 1.26 bits per heavy atom. The Bertz CT molecular complexity index is 514. The third-order valence-electron chi connectivity index (χ3n) is 4.17. The Labute approximate surface area is 140 Å². The Morgan fingerprint density at radius 2 is 1.87 bits per heavy atom. The van der Waals surface area contributed by atoms with Crippen molar-refractivity contribution < 1.29 is 18.0 Å². The number of hydrogen-bond donors (Lipinski definition) is 1. The molecule has 1 fully saturated rings. The molecule has 0 radical (unpaired) electrons. The summed E-state index contributed by atoms with van der Waals surface area (Å²) in [6.07, 6.45) is -1.77. The molecule has 130 valence electrons. The van der Waals surface area contributed by atoms with Crippen molar-refractivity contribution in [1.82, 2.24) is 10.2 Å². The van der Waals surface area contributed by atoms with E-state index >= 15 is 0 Å². The molecule has 1 aliphatic rings. The summed E-state index contributed by atoms with van der Waals surface area (Å²) in [7, 11) is 1.90. The summed E-state index contributed by atoms with van der Waals surface area (Å²) in [6, 6.07) is 5.01. The predicted octanol–water partition coefficient (Wildman–Crippen LogP) is 3.59. The van der Waals surface area contributed by atoms with E-state index in [9.17, 15) is 18.0 Å². The van der Waals surface area contributed by atoms with Gasteiger partial charge in [-0.15, -0.1) is 12.4 Å². The van der Waals surface area contributed by atoms with Gasteiger partial charge in [-0.05, 0) is 50.9 Å². The summed E-state index contributed by atoms with van der Waals surface area (Å²) in [5, 5.41) is 3.09. The third kappa shape index (κ3) is 5.11. The van der Waals surface area contributed by atoms with Crippen LogP contribution in [0.1, 0.15) is 35.2 Å². The number of rotatable bonds is 4. The standard InChI is InChI=1S/C16H21F3N2O.ClH/c1-20-9-6-12-7-10-21(11-8-12)15(22)13-4-2-3-5-14(13)16(17,18)19;/h2-5,12,20H,6-11H2,1H3;1H. The van der Waals surface area contributed by atoms with Crippen molar-refractivity contribution in [3.63, 3.8) is 0 Å². The molecule has 0 bridgehead atoms. The number of piperidine rings is 1. The lowest BCUT2D eigenvalue weighted by atomic mass is 9.93. The zero-order valence-electron chi connectivity index (χ0n) is 13.0. The van der Waals surface area contributed by atoms with E-state index < -0.39 is 17.6 Å². The van der Waals surface area contributed by atoms with Crippen LogP contribution in [0.3, 0.4) is 0 Å². The highest BCUT2D eigenvalue weighted by molar-refractivity contribution is 5.96. The molecule has 1 heterocycles. The van der Waals surface area contributed by atoms with Gasteiger partial charge in [-0.3, -0.25) is 4.79 Å². The zero-order chi connectivity index (χ0) is 16.2. The molecule has 0 spiro atoms. The van der Waals surface area contributed by atoms with Gasteiger partial charge in [-0.25, -0.2) is 0 Å². The summed E-state index contributed by atoms with van der Waals surface area (Å²) in [4.78, 5) is 13.9. The van der Waals surface area contributed by atoms with Crippen molar-refractivity contribution in [2.24, 2.45) is 5.92 Å². The van der Waals surface area contributed by atoms with Crippen LogP contribution in [0.2, 0.25) is 0 Å². The molecule has 0 aliphatic carbocycles. The van der Waals surface area contributed by atoms with Gasteiger partial charge in [0.05, 0.1) is 11.1 Å². The van der Waals surface area contributed by atoms with E-state index in [4.69, 9.17) is 0 Å². The highest BCUT2D eigenvalue weighted by atomic mass is 35.5. The average Bonchev–Trinajstić information content (AvgIpc) is 2.52. The SMILES string of the molecule is CNCCC1CCN(C(=O)c2ccccc2C(F)(F)F)CC1.Cl. The van der Waals surface area contributed by atoms with E-state index in [0.717, 1.165) is 31.9 Å². The Balaban J connectivity index is 0.00000264. The van der Waals surface area contributed by atoms with Gasteiger partial charge in [0.2, 0.25) is 0 Å². The summed E-state index contributed by atoms with van der Waals surface area (Å²) in [6.45, 7) is 1.98. The van der Waals surface area contributed by atoms with Gasteiger partial charge >= 0.3 is 6.18 Å². The first kappa shape index (κ1) is 19.8. The quantitative estimate of drug-likeness (QED) is 0.900. The first-order valence-electron chi connectivity index (χ1n) is 7.53. The molecule has 0 unspecified atom stereocenters. The lowest BCUT2D eigenvalue weighted by Crippen LogP contribution is -2.39. The first-order valence-corrected chi connectivity index (χ1v) is 7.53. The van der Waals surface area contributed by atoms with Crippen molar-refractivity contribution in [2.75, 3.05) is 26.7 Å². The molecule has 0 aromatic heterocycles. The van der Waals surface area contributed by atoms with Gasteiger partial charge in [0, 0.05) is 13.1 Å². The fourth-order valence-corrected chi connectivity index (χ4v) is 2.86. The van der Waals surface area contributed by atoms with E-state index in [0.29, 0.717) is 19.0 Å². The molecule has 0 atom stereocenters. The number of benzene rings is 1. The van der Waals surface area contributed by atoms with Gasteiger partial charge in [0.15, 0.2) is 0 Å². The largest absolute Gasteiger partial charge is 0.417 e. The molecule has 1 aromatic carbocycles. The lowest BCUT2D eigenvalue weighted by Gasteiger charge is -2.32. The fraction of sp³-hybridized carbons (Fsp3) is 0.562. The minimum Gasteiger partial charge on any atom is -0.339 e. The number of nitrogens with zero attached hydrogens (tertiary/aromatic N) is 1. The topological polar surface area (TPSA) is 32.3 Å². The highest BCUT2D eigenvalue weighted by Gasteiger charge is 2.36. The number of alkyl halides is 3. The van der Waals surface area contributed by atoms with Gasteiger partial charge in [-0.2, -0.15) is 13.2 Å². The second-order valence-corrected chi connectivity index (χ2v) is 5.67. The minimum absolute atomic E-state index is 0. The maximum atomic E-state index is 13.0. The third-order valence-corrected chi connectivity index (χ3v) is 4.17. The van der Waals surface area contributed by atoms with Crippen LogP contribution in [0.4, 0.5) is 13.2 Å². The van der Waals surface area contributed by atoms with Crippen molar-refractivity contribution in [3.8, 4) is 0 Å². The molecular weight excluding hydrogens is 329 g/mol. The Kier molecular flexibility index (Phi) is 7.35. The molecule has 1 aromatic rings. The predicted molar refractivity (Wildman–Crippen MR) is 85.9 cm³/mol. The van der Waals surface area contributed by atoms with Crippen LogP contribution in [0.25, 0.3) is 0 Å². The number of likely N-dealkylation sites (tertiary alicyclic amines) is 1. The molecule has 1 saturated heterocycles. The maximum absolute atomic E-state index is 13.0. The molecule has 3 nitrogen and oxygen atoms in total. The number of carbonyl (C=O) groups is 1. The number of amides is 1. The summed E-state index contributed by atoms with van der Waals surface area (Å²) >= 11 is 0. The normalized spacial score (nSPS) is 16.1. The number of nitrogens with one attached hydrogen (secondary N) is 1. The Hall–Kier alpha value is -1.27.